The van der Waals surface area contributed by atoms with Crippen LogP contribution in [0.3, 0.4) is 0 Å². The largest absolute Gasteiger partial charge is 0.301 e. The number of nitrogens with one attached hydrogen (secondary N) is 1. The first-order valence-electron chi connectivity index (χ1n) is 10.6. The molecule has 0 aliphatic heterocycles. The van der Waals surface area contributed by atoms with Crippen LogP contribution in [0.15, 0.2) is 28.2 Å². The van der Waals surface area contributed by atoms with Crippen molar-refractivity contribution in [3.63, 3.8) is 0 Å². The van der Waals surface area contributed by atoms with Crippen molar-refractivity contribution in [2.45, 2.75) is 102 Å². The molecule has 0 bridgehead atoms. The fraction of sp³-hybridized carbons (Fsp3) is 0.727. The van der Waals surface area contributed by atoms with Crippen molar-refractivity contribution in [3.05, 3.63) is 34.3 Å². The van der Waals surface area contributed by atoms with Crippen molar-refractivity contribution in [1.29, 1.82) is 0 Å². The van der Waals surface area contributed by atoms with E-state index in [-0.39, 0.29) is 5.56 Å². The molecule has 0 saturated heterocycles. The van der Waals surface area contributed by atoms with Crippen LogP contribution in [-0.2, 0) is 6.42 Å². The van der Waals surface area contributed by atoms with E-state index in [9.17, 15) is 4.79 Å². The van der Waals surface area contributed by atoms with Crippen molar-refractivity contribution in [2.24, 2.45) is 0 Å². The van der Waals surface area contributed by atoms with Gasteiger partial charge in [-0.05, 0) is 44.8 Å². The molecule has 148 valence electrons. The molecule has 0 fully saturated rings. The van der Waals surface area contributed by atoms with E-state index in [2.05, 4.69) is 29.0 Å². The van der Waals surface area contributed by atoms with Gasteiger partial charge in [-0.1, -0.05) is 82.2 Å². The smallest absolute Gasteiger partial charge is 0.251 e. The summed E-state index contributed by atoms with van der Waals surface area (Å²) in [5, 5.41) is 0.722. The molecule has 0 saturated carbocycles. The molecular formula is C22H38N2OS. The quantitative estimate of drug-likeness (QED) is 0.151. The van der Waals surface area contributed by atoms with E-state index in [1.807, 2.05) is 6.26 Å². The molecule has 1 rings (SSSR count). The summed E-state index contributed by atoms with van der Waals surface area (Å²) < 4.78 is 0. The minimum absolute atomic E-state index is 0.0351. The van der Waals surface area contributed by atoms with Crippen LogP contribution in [0.4, 0.5) is 0 Å². The van der Waals surface area contributed by atoms with Gasteiger partial charge in [0.25, 0.3) is 5.56 Å². The average Bonchev–Trinajstić information content (AvgIpc) is 2.64. The lowest BCUT2D eigenvalue weighted by molar-refractivity contribution is 0.607. The van der Waals surface area contributed by atoms with Crippen LogP contribution in [0.5, 0.6) is 0 Å². The number of H-pyrrole nitrogens is 1. The van der Waals surface area contributed by atoms with Gasteiger partial charge in [0.2, 0.25) is 0 Å². The van der Waals surface area contributed by atoms with Gasteiger partial charge in [0.05, 0.1) is 0 Å². The Morgan fingerprint density at radius 3 is 2.12 bits per heavy atom. The molecule has 0 aliphatic carbocycles. The number of aromatic amines is 1. The van der Waals surface area contributed by atoms with Gasteiger partial charge in [0.15, 0.2) is 5.16 Å². The molecule has 0 atom stereocenters. The molecule has 0 amide bonds. The maximum atomic E-state index is 11.5. The number of thioether (sulfide) groups is 1. The average molecular weight is 379 g/mol. The van der Waals surface area contributed by atoms with E-state index in [1.165, 1.54) is 88.8 Å². The highest BCUT2D eigenvalue weighted by Gasteiger charge is 2.00. The van der Waals surface area contributed by atoms with Crippen LogP contribution in [0.1, 0.15) is 96.1 Å². The summed E-state index contributed by atoms with van der Waals surface area (Å²) in [6.45, 7) is 2.27. The molecular weight excluding hydrogens is 340 g/mol. The molecule has 26 heavy (non-hydrogen) atoms. The Morgan fingerprint density at radius 2 is 1.50 bits per heavy atom. The zero-order chi connectivity index (χ0) is 18.9. The number of nitrogens with zero attached hydrogens (tertiary/aromatic N) is 1. The summed E-state index contributed by atoms with van der Waals surface area (Å²) in [5.41, 5.74) is 0.892. The highest BCUT2D eigenvalue weighted by molar-refractivity contribution is 7.98. The minimum Gasteiger partial charge on any atom is -0.301 e. The van der Waals surface area contributed by atoms with E-state index in [4.69, 9.17) is 0 Å². The van der Waals surface area contributed by atoms with Gasteiger partial charge >= 0.3 is 0 Å². The fourth-order valence-electron chi connectivity index (χ4n) is 3.09. The lowest BCUT2D eigenvalue weighted by atomic mass is 10.1. The summed E-state index contributed by atoms with van der Waals surface area (Å²) in [7, 11) is 0. The van der Waals surface area contributed by atoms with Gasteiger partial charge < -0.3 is 4.98 Å². The highest BCUT2D eigenvalue weighted by atomic mass is 32.2. The van der Waals surface area contributed by atoms with Crippen molar-refractivity contribution in [3.8, 4) is 0 Å². The maximum absolute atomic E-state index is 11.5. The SMILES string of the molecule is CCCCCCCC/C=C/CCCCCCCc1cc(=O)[nH]c(SC)n1. The Hall–Kier alpha value is -1.03. The molecule has 0 spiro atoms. The van der Waals surface area contributed by atoms with Crippen LogP contribution in [0.25, 0.3) is 0 Å². The Balaban J connectivity index is 1.92. The molecule has 0 aromatic carbocycles. The third-order valence-corrected chi connectivity index (χ3v) is 5.24. The minimum atomic E-state index is -0.0351. The van der Waals surface area contributed by atoms with Crippen LogP contribution in [0, 0.1) is 0 Å². The first kappa shape index (κ1) is 23.0. The molecule has 1 aromatic heterocycles. The summed E-state index contributed by atoms with van der Waals surface area (Å²) >= 11 is 1.49. The van der Waals surface area contributed by atoms with Gasteiger partial charge in [-0.25, -0.2) is 4.98 Å². The van der Waals surface area contributed by atoms with Gasteiger partial charge in [-0.15, -0.1) is 0 Å². The Kier molecular flexibility index (Phi) is 14.3. The van der Waals surface area contributed by atoms with Crippen LogP contribution >= 0.6 is 11.8 Å². The number of unbranched alkanes of at least 4 members (excludes halogenated alkanes) is 11. The lowest BCUT2D eigenvalue weighted by Crippen LogP contribution is -2.09. The summed E-state index contributed by atoms with van der Waals surface area (Å²) in [6.07, 6.45) is 24.6. The van der Waals surface area contributed by atoms with E-state index in [0.717, 1.165) is 23.7 Å². The second-order valence-corrected chi connectivity index (χ2v) is 7.88. The Morgan fingerprint density at radius 1 is 0.923 bits per heavy atom. The fourth-order valence-corrected chi connectivity index (χ4v) is 3.50. The van der Waals surface area contributed by atoms with Crippen molar-refractivity contribution < 1.29 is 0 Å². The first-order valence-corrected chi connectivity index (χ1v) is 11.8. The molecule has 0 radical (unpaired) electrons. The summed E-state index contributed by atoms with van der Waals surface area (Å²) in [4.78, 5) is 18.7. The number of rotatable bonds is 16. The molecule has 1 heterocycles. The monoisotopic (exact) mass is 378 g/mol. The van der Waals surface area contributed by atoms with Gasteiger partial charge in [0, 0.05) is 11.8 Å². The first-order chi connectivity index (χ1) is 12.8. The number of hydrogen-bond donors (Lipinski definition) is 1. The van der Waals surface area contributed by atoms with E-state index in [0.29, 0.717) is 0 Å². The van der Waals surface area contributed by atoms with Crippen LogP contribution in [0.2, 0.25) is 0 Å². The zero-order valence-electron chi connectivity index (χ0n) is 16.9. The van der Waals surface area contributed by atoms with Crippen molar-refractivity contribution >= 4 is 11.8 Å². The standard InChI is InChI=1S/C22H38N2OS/c1-3-4-5-6-7-8-9-10-11-12-13-14-15-16-17-18-20-19-21(25)24-22(23-20)26-2/h10-11,19H,3-9,12-18H2,1-2H3,(H,23,24,25)/b11-10+. The predicted molar refractivity (Wildman–Crippen MR) is 115 cm³/mol. The third kappa shape index (κ3) is 12.3. The molecule has 1 N–H and O–H groups in total. The third-order valence-electron chi connectivity index (χ3n) is 4.66. The molecule has 0 aliphatic rings. The van der Waals surface area contributed by atoms with Gasteiger partial charge in [0.1, 0.15) is 0 Å². The van der Waals surface area contributed by atoms with E-state index in [1.54, 1.807) is 6.07 Å². The number of aryl methyl sites for hydroxylation is 1. The number of allylic oxidation sites excluding steroid dienone is 2. The molecule has 4 heteroatoms. The van der Waals surface area contributed by atoms with Crippen LogP contribution in [-0.4, -0.2) is 16.2 Å². The van der Waals surface area contributed by atoms with Gasteiger partial charge in [-0.3, -0.25) is 4.79 Å². The normalized spacial score (nSPS) is 11.5. The number of hydrogen-bond acceptors (Lipinski definition) is 3. The predicted octanol–water partition coefficient (Wildman–Crippen LogP) is 6.68. The number of aromatic nitrogens is 2. The van der Waals surface area contributed by atoms with Crippen molar-refractivity contribution in [1.82, 2.24) is 9.97 Å². The zero-order valence-corrected chi connectivity index (χ0v) is 17.7. The van der Waals surface area contributed by atoms with E-state index < -0.39 is 0 Å². The highest BCUT2D eigenvalue weighted by Crippen LogP contribution is 2.11. The molecule has 1 aromatic rings. The second kappa shape index (κ2) is 16.2. The van der Waals surface area contributed by atoms with E-state index >= 15 is 0 Å². The second-order valence-electron chi connectivity index (χ2n) is 7.08. The lowest BCUT2D eigenvalue weighted by Gasteiger charge is -2.03. The molecule has 0 unspecified atom stereocenters. The van der Waals surface area contributed by atoms with Crippen LogP contribution < -0.4 is 5.56 Å². The Bertz CT molecular complexity index is 539. The summed E-state index contributed by atoms with van der Waals surface area (Å²) in [5.74, 6) is 0. The van der Waals surface area contributed by atoms with Gasteiger partial charge in [-0.2, -0.15) is 0 Å². The van der Waals surface area contributed by atoms with Crippen molar-refractivity contribution in [2.75, 3.05) is 6.26 Å². The Labute approximate surface area is 164 Å². The molecule has 3 nitrogen and oxygen atoms in total. The summed E-state index contributed by atoms with van der Waals surface area (Å²) in [6, 6.07) is 1.63. The maximum Gasteiger partial charge on any atom is 0.251 e. The topological polar surface area (TPSA) is 45.8 Å².